The maximum atomic E-state index is 11.3. The topological polar surface area (TPSA) is 81.0 Å². The lowest BCUT2D eigenvalue weighted by atomic mass is 10.2. The number of hydrogen-bond donors (Lipinski definition) is 1. The van der Waals surface area contributed by atoms with Crippen LogP contribution in [0.5, 0.6) is 0 Å². The molecule has 3 rings (SSSR count). The van der Waals surface area contributed by atoms with Gasteiger partial charge in [0.2, 0.25) is 0 Å². The second-order valence-corrected chi connectivity index (χ2v) is 5.96. The highest BCUT2D eigenvalue weighted by Crippen LogP contribution is 2.34. The summed E-state index contributed by atoms with van der Waals surface area (Å²) >= 11 is 2.93. The molecule has 0 aliphatic carbocycles. The van der Waals surface area contributed by atoms with Gasteiger partial charge < -0.3 is 5.32 Å². The van der Waals surface area contributed by atoms with Crippen molar-refractivity contribution < 1.29 is 4.92 Å². The number of thiazole rings is 2. The third-order valence-electron chi connectivity index (χ3n) is 2.94. The lowest BCUT2D eigenvalue weighted by Gasteiger charge is -2.06. The number of aromatic nitrogens is 2. The van der Waals surface area contributed by atoms with E-state index in [0.29, 0.717) is 17.7 Å². The van der Waals surface area contributed by atoms with Crippen molar-refractivity contribution in [3.63, 3.8) is 0 Å². The fraction of sp³-hybridized carbons (Fsp3) is 0.167. The molecule has 8 heteroatoms. The summed E-state index contributed by atoms with van der Waals surface area (Å²) in [7, 11) is 0. The molecule has 6 nitrogen and oxygen atoms in total. The Morgan fingerprint density at radius 1 is 1.30 bits per heavy atom. The number of benzene rings is 1. The summed E-state index contributed by atoms with van der Waals surface area (Å²) in [5.41, 5.74) is 5.29. The molecule has 0 atom stereocenters. The molecule has 0 radical (unpaired) electrons. The Morgan fingerprint density at radius 3 is 2.80 bits per heavy atom. The number of nitro benzene ring substituents is 1. The fourth-order valence-corrected chi connectivity index (χ4v) is 3.31. The van der Waals surface area contributed by atoms with Crippen LogP contribution in [0.4, 0.5) is 11.4 Å². The second-order valence-electron chi connectivity index (χ2n) is 4.13. The van der Waals surface area contributed by atoms with Crippen molar-refractivity contribution in [2.24, 2.45) is 0 Å². The van der Waals surface area contributed by atoms with Gasteiger partial charge in [-0.3, -0.25) is 10.1 Å². The van der Waals surface area contributed by atoms with E-state index in [9.17, 15) is 10.1 Å². The van der Waals surface area contributed by atoms with E-state index in [1.807, 2.05) is 13.0 Å². The van der Waals surface area contributed by atoms with Gasteiger partial charge in [-0.15, -0.1) is 22.7 Å². The summed E-state index contributed by atoms with van der Waals surface area (Å²) in [6.45, 7) is 2.44. The number of nitrogens with zero attached hydrogens (tertiary/aromatic N) is 3. The molecule has 0 unspecified atom stereocenters. The van der Waals surface area contributed by atoms with Crippen LogP contribution in [0, 0.1) is 17.0 Å². The highest BCUT2D eigenvalue weighted by atomic mass is 32.1. The number of anilines is 1. The highest BCUT2D eigenvalue weighted by molar-refractivity contribution is 7.16. The van der Waals surface area contributed by atoms with E-state index in [1.165, 1.54) is 22.7 Å². The van der Waals surface area contributed by atoms with E-state index < -0.39 is 0 Å². The standard InChI is InChI=1S/C12H10N4O2S2/c1-7-10(20-5-14-7)4-13-8-2-3-9-11(15-6-19-9)12(8)16(17)18/h2-3,5-6,13H,4H2,1H3. The van der Waals surface area contributed by atoms with Gasteiger partial charge in [-0.1, -0.05) is 0 Å². The average molecular weight is 306 g/mol. The highest BCUT2D eigenvalue weighted by Gasteiger charge is 2.20. The molecule has 0 bridgehead atoms. The van der Waals surface area contributed by atoms with Crippen LogP contribution in [-0.4, -0.2) is 14.9 Å². The predicted octanol–water partition coefficient (Wildman–Crippen LogP) is 3.58. The minimum Gasteiger partial charge on any atom is -0.374 e. The van der Waals surface area contributed by atoms with Crippen molar-refractivity contribution in [1.29, 1.82) is 0 Å². The maximum absolute atomic E-state index is 11.3. The first-order valence-electron chi connectivity index (χ1n) is 5.80. The first kappa shape index (κ1) is 12.9. The Balaban J connectivity index is 1.96. The normalized spacial score (nSPS) is 10.8. The zero-order valence-electron chi connectivity index (χ0n) is 10.5. The molecular formula is C12H10N4O2S2. The molecule has 3 aromatic rings. The first-order chi connectivity index (χ1) is 9.66. The largest absolute Gasteiger partial charge is 0.374 e. The number of nitrogens with one attached hydrogen (secondary N) is 1. The average Bonchev–Trinajstić information content (AvgIpc) is 3.03. The predicted molar refractivity (Wildman–Crippen MR) is 80.5 cm³/mol. The van der Waals surface area contributed by atoms with Crippen molar-refractivity contribution in [2.45, 2.75) is 13.5 Å². The van der Waals surface area contributed by atoms with Crippen molar-refractivity contribution in [1.82, 2.24) is 9.97 Å². The quantitative estimate of drug-likeness (QED) is 0.588. The van der Waals surface area contributed by atoms with Gasteiger partial charge in [0.25, 0.3) is 0 Å². The summed E-state index contributed by atoms with van der Waals surface area (Å²) in [5, 5.41) is 14.4. The molecule has 0 amide bonds. The lowest BCUT2D eigenvalue weighted by Crippen LogP contribution is -2.03. The lowest BCUT2D eigenvalue weighted by molar-refractivity contribution is -0.382. The van der Waals surface area contributed by atoms with Gasteiger partial charge in [-0.05, 0) is 19.1 Å². The van der Waals surface area contributed by atoms with Gasteiger partial charge in [0, 0.05) is 4.88 Å². The molecule has 0 aliphatic heterocycles. The van der Waals surface area contributed by atoms with Crippen LogP contribution >= 0.6 is 22.7 Å². The molecule has 0 aliphatic rings. The SMILES string of the molecule is Cc1ncsc1CNc1ccc2scnc2c1[N+](=O)[O-]. The van der Waals surface area contributed by atoms with Crippen molar-refractivity contribution in [2.75, 3.05) is 5.32 Å². The van der Waals surface area contributed by atoms with Crippen molar-refractivity contribution in [3.05, 3.63) is 43.8 Å². The molecule has 102 valence electrons. The van der Waals surface area contributed by atoms with Crippen LogP contribution in [0.2, 0.25) is 0 Å². The van der Waals surface area contributed by atoms with Gasteiger partial charge >= 0.3 is 5.69 Å². The van der Waals surface area contributed by atoms with E-state index >= 15 is 0 Å². The van der Waals surface area contributed by atoms with E-state index in [1.54, 1.807) is 17.1 Å². The number of fused-ring (bicyclic) bond motifs is 1. The van der Waals surface area contributed by atoms with Crippen molar-refractivity contribution in [3.8, 4) is 0 Å². The Kier molecular flexibility index (Phi) is 3.33. The van der Waals surface area contributed by atoms with Gasteiger partial charge in [0.15, 0.2) is 5.52 Å². The van der Waals surface area contributed by atoms with Crippen LogP contribution in [0.3, 0.4) is 0 Å². The van der Waals surface area contributed by atoms with Crippen LogP contribution in [0.1, 0.15) is 10.6 Å². The third-order valence-corrected chi connectivity index (χ3v) is 4.67. The molecule has 0 saturated heterocycles. The molecule has 1 N–H and O–H groups in total. The smallest absolute Gasteiger partial charge is 0.319 e. The minimum atomic E-state index is -0.385. The molecule has 1 aromatic carbocycles. The van der Waals surface area contributed by atoms with Crippen LogP contribution in [0.15, 0.2) is 23.2 Å². The Labute approximate surface area is 122 Å². The Morgan fingerprint density at radius 2 is 2.10 bits per heavy atom. The number of hydrogen-bond acceptors (Lipinski definition) is 7. The van der Waals surface area contributed by atoms with Gasteiger partial charge in [-0.25, -0.2) is 9.97 Å². The third kappa shape index (κ3) is 2.23. The molecule has 2 aromatic heterocycles. The second kappa shape index (κ2) is 5.14. The van der Waals surface area contributed by atoms with Gasteiger partial charge in [-0.2, -0.15) is 0 Å². The summed E-state index contributed by atoms with van der Waals surface area (Å²) in [5.74, 6) is 0. The summed E-state index contributed by atoms with van der Waals surface area (Å²) in [6.07, 6.45) is 0. The molecule has 0 spiro atoms. The zero-order chi connectivity index (χ0) is 14.1. The van der Waals surface area contributed by atoms with E-state index in [4.69, 9.17) is 0 Å². The number of nitro groups is 1. The zero-order valence-corrected chi connectivity index (χ0v) is 12.1. The van der Waals surface area contributed by atoms with E-state index in [0.717, 1.165) is 15.3 Å². The van der Waals surface area contributed by atoms with Gasteiger partial charge in [0.05, 0.1) is 32.9 Å². The number of rotatable bonds is 4. The van der Waals surface area contributed by atoms with Crippen LogP contribution < -0.4 is 5.32 Å². The molecule has 0 fully saturated rings. The molecule has 0 saturated carbocycles. The number of aryl methyl sites for hydroxylation is 1. The van der Waals surface area contributed by atoms with Crippen LogP contribution in [-0.2, 0) is 6.54 Å². The van der Waals surface area contributed by atoms with Gasteiger partial charge in [0.1, 0.15) is 5.69 Å². The Hall–Kier alpha value is -2.06. The summed E-state index contributed by atoms with van der Waals surface area (Å²) < 4.78 is 0.816. The Bertz CT molecular complexity index is 781. The summed E-state index contributed by atoms with van der Waals surface area (Å²) in [6, 6.07) is 3.58. The fourth-order valence-electron chi connectivity index (χ4n) is 1.92. The molecular weight excluding hydrogens is 296 g/mol. The first-order valence-corrected chi connectivity index (χ1v) is 7.56. The summed E-state index contributed by atoms with van der Waals surface area (Å²) in [4.78, 5) is 20.2. The maximum Gasteiger partial charge on any atom is 0.319 e. The molecule has 20 heavy (non-hydrogen) atoms. The van der Waals surface area contributed by atoms with E-state index in [2.05, 4.69) is 15.3 Å². The minimum absolute atomic E-state index is 0.0333. The van der Waals surface area contributed by atoms with Crippen LogP contribution in [0.25, 0.3) is 10.2 Å². The monoisotopic (exact) mass is 306 g/mol. The van der Waals surface area contributed by atoms with Crippen molar-refractivity contribution >= 4 is 44.3 Å². The molecule has 2 heterocycles. The van der Waals surface area contributed by atoms with E-state index in [-0.39, 0.29) is 10.6 Å².